The van der Waals surface area contributed by atoms with Gasteiger partial charge in [-0.3, -0.25) is 19.5 Å². The van der Waals surface area contributed by atoms with E-state index in [1.807, 2.05) is 6.07 Å². The zero-order valence-corrected chi connectivity index (χ0v) is 13.2. The van der Waals surface area contributed by atoms with Crippen molar-refractivity contribution in [1.29, 1.82) is 0 Å². The molecule has 1 atom stereocenters. The number of amides is 2. The molecule has 1 aromatic heterocycles. The molecule has 1 aromatic rings. The van der Waals surface area contributed by atoms with Crippen LogP contribution in [0.25, 0.3) is 0 Å². The second-order valence-electron chi connectivity index (χ2n) is 7.07. The largest absolute Gasteiger partial charge is 0.481 e. The quantitative estimate of drug-likeness (QED) is 0.745. The normalized spacial score (nSPS) is 25.8. The number of H-pyrrole nitrogens is 1. The number of nitrogens with zero attached hydrogens (tertiary/aromatic N) is 2. The molecule has 3 heterocycles. The third kappa shape index (κ3) is 2.46. The van der Waals surface area contributed by atoms with Gasteiger partial charge >= 0.3 is 5.97 Å². The fourth-order valence-electron chi connectivity index (χ4n) is 3.91. The highest BCUT2D eigenvalue weighted by Crippen LogP contribution is 2.39. The maximum Gasteiger partial charge on any atom is 0.309 e. The Morgan fingerprint density at radius 2 is 2.00 bits per heavy atom. The standard InChI is InChI=1S/C16H20N4O4/c21-13-7-10(15(23)24)16(17-13)3-5-20(6-4-16)14(22)12-8-11(18-19-12)9-1-2-9/h8-10H,1-7H2,(H,17,21)(H,18,19)(H,23,24). The molecule has 1 spiro atoms. The Morgan fingerprint density at radius 1 is 1.29 bits per heavy atom. The fourth-order valence-corrected chi connectivity index (χ4v) is 3.91. The summed E-state index contributed by atoms with van der Waals surface area (Å²) in [6.07, 6.45) is 3.22. The van der Waals surface area contributed by atoms with Crippen molar-refractivity contribution in [2.75, 3.05) is 13.1 Å². The van der Waals surface area contributed by atoms with Crippen LogP contribution in [0.3, 0.4) is 0 Å². The zero-order valence-electron chi connectivity index (χ0n) is 13.2. The molecule has 1 unspecified atom stereocenters. The smallest absolute Gasteiger partial charge is 0.309 e. The molecule has 3 N–H and O–H groups in total. The highest BCUT2D eigenvalue weighted by atomic mass is 16.4. The predicted octanol–water partition coefficient (Wildman–Crippen LogP) is 0.483. The Labute approximate surface area is 138 Å². The summed E-state index contributed by atoms with van der Waals surface area (Å²) in [4.78, 5) is 37.4. The number of aliphatic carboxylic acids is 1. The SMILES string of the molecule is O=C1CC(C(=O)O)C2(CCN(C(=O)c3cc(C4CC4)[nH]n3)CC2)N1. The summed E-state index contributed by atoms with van der Waals surface area (Å²) in [5.41, 5.74) is 0.712. The lowest BCUT2D eigenvalue weighted by atomic mass is 9.77. The molecule has 2 amide bonds. The van der Waals surface area contributed by atoms with Crippen molar-refractivity contribution in [2.45, 2.75) is 43.6 Å². The predicted molar refractivity (Wildman–Crippen MR) is 82.3 cm³/mol. The molecule has 0 aromatic carbocycles. The molecule has 0 bridgehead atoms. The van der Waals surface area contributed by atoms with Gasteiger partial charge in [-0.1, -0.05) is 0 Å². The lowest BCUT2D eigenvalue weighted by molar-refractivity contribution is -0.144. The number of likely N-dealkylation sites (tertiary alicyclic amines) is 1. The number of carbonyl (C=O) groups is 3. The topological polar surface area (TPSA) is 115 Å². The summed E-state index contributed by atoms with van der Waals surface area (Å²) in [6, 6.07) is 1.82. The molecule has 1 aliphatic carbocycles. The number of aromatic nitrogens is 2. The number of rotatable bonds is 3. The summed E-state index contributed by atoms with van der Waals surface area (Å²) in [6.45, 7) is 0.850. The lowest BCUT2D eigenvalue weighted by Crippen LogP contribution is -2.56. The van der Waals surface area contributed by atoms with Crippen LogP contribution in [-0.4, -0.2) is 56.6 Å². The lowest BCUT2D eigenvalue weighted by Gasteiger charge is -2.41. The van der Waals surface area contributed by atoms with E-state index in [-0.39, 0.29) is 18.2 Å². The van der Waals surface area contributed by atoms with Crippen molar-refractivity contribution < 1.29 is 19.5 Å². The number of hydrogen-bond donors (Lipinski definition) is 3. The number of carboxylic acids is 1. The minimum Gasteiger partial charge on any atom is -0.481 e. The second kappa shape index (κ2) is 5.32. The van der Waals surface area contributed by atoms with Gasteiger partial charge in [-0.2, -0.15) is 5.10 Å². The maximum atomic E-state index is 12.6. The van der Waals surface area contributed by atoms with Crippen molar-refractivity contribution in [3.63, 3.8) is 0 Å². The number of aromatic amines is 1. The van der Waals surface area contributed by atoms with Crippen molar-refractivity contribution in [3.8, 4) is 0 Å². The molecule has 8 nitrogen and oxygen atoms in total. The van der Waals surface area contributed by atoms with Gasteiger partial charge in [0.1, 0.15) is 5.69 Å². The van der Waals surface area contributed by atoms with Gasteiger partial charge in [-0.05, 0) is 31.7 Å². The van der Waals surface area contributed by atoms with Crippen LogP contribution in [0.4, 0.5) is 0 Å². The summed E-state index contributed by atoms with van der Waals surface area (Å²) < 4.78 is 0. The Hall–Kier alpha value is -2.38. The molecule has 3 fully saturated rings. The summed E-state index contributed by atoms with van der Waals surface area (Å²) >= 11 is 0. The average molecular weight is 332 g/mol. The number of hydrogen-bond acceptors (Lipinski definition) is 4. The Bertz CT molecular complexity index is 701. The van der Waals surface area contributed by atoms with E-state index in [0.29, 0.717) is 37.5 Å². The molecule has 1 saturated carbocycles. The number of carbonyl (C=O) groups excluding carboxylic acids is 2. The minimum atomic E-state index is -0.950. The molecule has 8 heteroatoms. The van der Waals surface area contributed by atoms with Crippen LogP contribution in [0.15, 0.2) is 6.07 Å². The van der Waals surface area contributed by atoms with Gasteiger partial charge in [0.2, 0.25) is 5.91 Å². The Morgan fingerprint density at radius 3 is 2.62 bits per heavy atom. The first kappa shape index (κ1) is 15.2. The third-order valence-corrected chi connectivity index (χ3v) is 5.52. The first-order valence-electron chi connectivity index (χ1n) is 8.37. The van der Waals surface area contributed by atoms with Crippen molar-refractivity contribution >= 4 is 17.8 Å². The minimum absolute atomic E-state index is 0.0212. The van der Waals surface area contributed by atoms with E-state index in [4.69, 9.17) is 0 Å². The molecule has 24 heavy (non-hydrogen) atoms. The average Bonchev–Trinajstić information content (AvgIpc) is 3.20. The number of nitrogens with one attached hydrogen (secondary N) is 2. The summed E-state index contributed by atoms with van der Waals surface area (Å²) in [7, 11) is 0. The first-order valence-corrected chi connectivity index (χ1v) is 8.37. The van der Waals surface area contributed by atoms with Crippen LogP contribution in [0.5, 0.6) is 0 Å². The van der Waals surface area contributed by atoms with E-state index in [9.17, 15) is 19.5 Å². The van der Waals surface area contributed by atoms with Crippen molar-refractivity contribution in [3.05, 3.63) is 17.5 Å². The monoisotopic (exact) mass is 332 g/mol. The fraction of sp³-hybridized carbons (Fsp3) is 0.625. The van der Waals surface area contributed by atoms with Crippen LogP contribution in [0, 0.1) is 5.92 Å². The van der Waals surface area contributed by atoms with Gasteiger partial charge < -0.3 is 15.3 Å². The van der Waals surface area contributed by atoms with E-state index >= 15 is 0 Å². The van der Waals surface area contributed by atoms with E-state index in [2.05, 4.69) is 15.5 Å². The highest BCUT2D eigenvalue weighted by molar-refractivity contribution is 5.93. The van der Waals surface area contributed by atoms with Gasteiger partial charge in [-0.15, -0.1) is 0 Å². The maximum absolute atomic E-state index is 12.6. The number of carboxylic acid groups (broad SMARTS) is 1. The van der Waals surface area contributed by atoms with E-state index in [1.165, 1.54) is 0 Å². The second-order valence-corrected chi connectivity index (χ2v) is 7.07. The van der Waals surface area contributed by atoms with Gasteiger partial charge in [0.15, 0.2) is 0 Å². The molecule has 128 valence electrons. The van der Waals surface area contributed by atoms with E-state index in [0.717, 1.165) is 18.5 Å². The van der Waals surface area contributed by atoms with Crippen LogP contribution >= 0.6 is 0 Å². The third-order valence-electron chi connectivity index (χ3n) is 5.52. The van der Waals surface area contributed by atoms with Crippen LogP contribution in [-0.2, 0) is 9.59 Å². The van der Waals surface area contributed by atoms with Crippen molar-refractivity contribution in [2.24, 2.45) is 5.92 Å². The van der Waals surface area contributed by atoms with Gasteiger partial charge in [0.05, 0.1) is 11.5 Å². The molecular weight excluding hydrogens is 312 g/mol. The van der Waals surface area contributed by atoms with Crippen LogP contribution < -0.4 is 5.32 Å². The van der Waals surface area contributed by atoms with Gasteiger partial charge in [0.25, 0.3) is 5.91 Å². The molecule has 0 radical (unpaired) electrons. The molecule has 4 rings (SSSR count). The molecule has 2 aliphatic heterocycles. The van der Waals surface area contributed by atoms with Crippen LogP contribution in [0.2, 0.25) is 0 Å². The first-order chi connectivity index (χ1) is 11.5. The Kier molecular flexibility index (Phi) is 3.36. The van der Waals surface area contributed by atoms with Crippen molar-refractivity contribution in [1.82, 2.24) is 20.4 Å². The molecule has 2 saturated heterocycles. The van der Waals surface area contributed by atoms with Crippen LogP contribution in [0.1, 0.15) is 54.2 Å². The summed E-state index contributed by atoms with van der Waals surface area (Å²) in [5.74, 6) is -1.51. The number of piperidine rings is 1. The summed E-state index contributed by atoms with van der Waals surface area (Å²) in [5, 5.41) is 19.3. The Balaban J connectivity index is 1.44. The van der Waals surface area contributed by atoms with Gasteiger partial charge in [0, 0.05) is 31.1 Å². The van der Waals surface area contributed by atoms with Gasteiger partial charge in [-0.25, -0.2) is 0 Å². The molecule has 3 aliphatic rings. The van der Waals surface area contributed by atoms with E-state index in [1.54, 1.807) is 4.90 Å². The molecular formula is C16H20N4O4. The zero-order chi connectivity index (χ0) is 16.9. The van der Waals surface area contributed by atoms with E-state index < -0.39 is 17.4 Å². The highest BCUT2D eigenvalue weighted by Gasteiger charge is 2.52.